The Morgan fingerprint density at radius 2 is 2.07 bits per heavy atom. The maximum Gasteiger partial charge on any atom is 0.433 e. The smallest absolute Gasteiger partial charge is 0.433 e. The van der Waals surface area contributed by atoms with Crippen molar-refractivity contribution >= 4 is 5.97 Å². The Labute approximate surface area is 77.2 Å². The number of aromatic nitrogens is 1. The lowest BCUT2D eigenvalue weighted by Crippen LogP contribution is -2.11. The fraction of sp³-hybridized carbons (Fsp3) is 0.250. The molecule has 0 saturated carbocycles. The van der Waals surface area contributed by atoms with Crippen LogP contribution in [0.4, 0.5) is 13.2 Å². The van der Waals surface area contributed by atoms with Gasteiger partial charge in [-0.05, 0) is 18.6 Å². The minimum atomic E-state index is -4.61. The highest BCUT2D eigenvalue weighted by molar-refractivity contribution is 5.89. The van der Waals surface area contributed by atoms with Crippen LogP contribution < -0.4 is 0 Å². The molecule has 1 N–H and O–H groups in total. The van der Waals surface area contributed by atoms with Crippen LogP contribution in [0.3, 0.4) is 0 Å². The van der Waals surface area contributed by atoms with Gasteiger partial charge in [0.2, 0.25) is 0 Å². The summed E-state index contributed by atoms with van der Waals surface area (Å²) in [6, 6.07) is 0.525. The topological polar surface area (TPSA) is 50.2 Å². The van der Waals surface area contributed by atoms with E-state index < -0.39 is 17.8 Å². The van der Waals surface area contributed by atoms with E-state index in [9.17, 15) is 18.0 Å². The van der Waals surface area contributed by atoms with E-state index >= 15 is 0 Å². The predicted molar refractivity (Wildman–Crippen MR) is 40.9 cm³/mol. The first-order chi connectivity index (χ1) is 6.32. The minimum absolute atomic E-state index is 0.200. The molecule has 14 heavy (non-hydrogen) atoms. The van der Waals surface area contributed by atoms with Crippen molar-refractivity contribution in [1.82, 2.24) is 4.98 Å². The molecule has 6 heteroatoms. The Hall–Kier alpha value is -1.59. The highest BCUT2D eigenvalue weighted by atomic mass is 19.4. The fourth-order valence-corrected chi connectivity index (χ4v) is 0.909. The van der Waals surface area contributed by atoms with Crippen LogP contribution in [-0.4, -0.2) is 16.1 Å². The molecule has 0 amide bonds. The van der Waals surface area contributed by atoms with Crippen LogP contribution in [0, 0.1) is 6.92 Å². The molecule has 0 aliphatic heterocycles. The quantitative estimate of drug-likeness (QED) is 0.763. The summed E-state index contributed by atoms with van der Waals surface area (Å²) in [4.78, 5) is 13.6. The van der Waals surface area contributed by atoms with Gasteiger partial charge in [-0.1, -0.05) is 0 Å². The molecule has 0 aromatic carbocycles. The number of rotatable bonds is 1. The Morgan fingerprint density at radius 1 is 1.50 bits per heavy atom. The average Bonchev–Trinajstić information content (AvgIpc) is 2.02. The molecule has 0 fully saturated rings. The minimum Gasteiger partial charge on any atom is -0.478 e. The lowest BCUT2D eigenvalue weighted by atomic mass is 10.1. The summed E-state index contributed by atoms with van der Waals surface area (Å²) in [7, 11) is 0. The number of carboxylic acids is 1. The number of hydrogen-bond donors (Lipinski definition) is 1. The van der Waals surface area contributed by atoms with Gasteiger partial charge in [-0.3, -0.25) is 4.98 Å². The second kappa shape index (κ2) is 3.28. The number of nitrogens with zero attached hydrogens (tertiary/aromatic N) is 1. The summed E-state index contributed by atoms with van der Waals surface area (Å²) in [6.45, 7) is 1.39. The Kier molecular flexibility index (Phi) is 2.46. The zero-order valence-electron chi connectivity index (χ0n) is 7.09. The number of alkyl halides is 3. The lowest BCUT2D eigenvalue weighted by molar-refractivity contribution is -0.141. The zero-order chi connectivity index (χ0) is 10.9. The van der Waals surface area contributed by atoms with Gasteiger partial charge in [-0.15, -0.1) is 0 Å². The van der Waals surface area contributed by atoms with E-state index in [-0.39, 0.29) is 11.1 Å². The number of aromatic carboxylic acids is 1. The van der Waals surface area contributed by atoms with Crippen LogP contribution >= 0.6 is 0 Å². The number of carbonyl (C=O) groups is 1. The third-order valence-corrected chi connectivity index (χ3v) is 1.62. The van der Waals surface area contributed by atoms with E-state index in [1.807, 2.05) is 0 Å². The highest BCUT2D eigenvalue weighted by Gasteiger charge is 2.33. The molecule has 0 aliphatic rings. The molecule has 0 saturated heterocycles. The van der Waals surface area contributed by atoms with Crippen LogP contribution in [0.25, 0.3) is 0 Å². The van der Waals surface area contributed by atoms with Crippen molar-refractivity contribution in [1.29, 1.82) is 0 Å². The van der Waals surface area contributed by atoms with Crippen molar-refractivity contribution in [2.24, 2.45) is 0 Å². The molecule has 1 aromatic rings. The van der Waals surface area contributed by atoms with Crippen molar-refractivity contribution in [3.05, 3.63) is 29.1 Å². The van der Waals surface area contributed by atoms with Gasteiger partial charge in [0.05, 0.1) is 5.56 Å². The molecule has 0 aliphatic carbocycles. The molecule has 1 heterocycles. The van der Waals surface area contributed by atoms with Gasteiger partial charge in [-0.2, -0.15) is 13.2 Å². The summed E-state index contributed by atoms with van der Waals surface area (Å²) in [5, 5.41) is 8.56. The Balaban J connectivity index is 3.27. The van der Waals surface area contributed by atoms with Crippen molar-refractivity contribution in [3.8, 4) is 0 Å². The summed E-state index contributed by atoms with van der Waals surface area (Å²) >= 11 is 0. The molecule has 1 rings (SSSR count). The predicted octanol–water partition coefficient (Wildman–Crippen LogP) is 2.11. The summed E-state index contributed by atoms with van der Waals surface area (Å²) in [5.74, 6) is -1.39. The lowest BCUT2D eigenvalue weighted by Gasteiger charge is -2.07. The van der Waals surface area contributed by atoms with E-state index in [4.69, 9.17) is 5.11 Å². The van der Waals surface area contributed by atoms with E-state index in [0.717, 1.165) is 6.20 Å². The normalized spacial score (nSPS) is 11.4. The summed E-state index contributed by atoms with van der Waals surface area (Å²) in [6.07, 6.45) is -3.72. The zero-order valence-corrected chi connectivity index (χ0v) is 7.09. The van der Waals surface area contributed by atoms with Gasteiger partial charge in [0.25, 0.3) is 0 Å². The van der Waals surface area contributed by atoms with Crippen LogP contribution in [0.15, 0.2) is 12.3 Å². The number of pyridine rings is 1. The van der Waals surface area contributed by atoms with Crippen LogP contribution in [0.1, 0.15) is 21.6 Å². The first-order valence-electron chi connectivity index (χ1n) is 3.59. The Bertz CT molecular complexity index is 373. The number of aryl methyl sites for hydroxylation is 1. The maximum absolute atomic E-state index is 12.1. The van der Waals surface area contributed by atoms with Gasteiger partial charge in [0, 0.05) is 6.20 Å². The van der Waals surface area contributed by atoms with E-state index in [0.29, 0.717) is 6.07 Å². The molecule has 0 radical (unpaired) electrons. The van der Waals surface area contributed by atoms with Gasteiger partial charge >= 0.3 is 12.1 Å². The van der Waals surface area contributed by atoms with Crippen molar-refractivity contribution in [2.45, 2.75) is 13.1 Å². The monoisotopic (exact) mass is 205 g/mol. The SMILES string of the molecule is Cc1cnc(C(F)(F)F)cc1C(=O)O. The van der Waals surface area contributed by atoms with Gasteiger partial charge in [0.15, 0.2) is 0 Å². The molecular formula is C8H6F3NO2. The molecule has 0 unspecified atom stereocenters. The summed E-state index contributed by atoms with van der Waals surface area (Å²) in [5.41, 5.74) is -1.38. The van der Waals surface area contributed by atoms with Crippen molar-refractivity contribution in [3.63, 3.8) is 0 Å². The molecular weight excluding hydrogens is 199 g/mol. The average molecular weight is 205 g/mol. The molecule has 3 nitrogen and oxygen atoms in total. The van der Waals surface area contributed by atoms with E-state index in [1.54, 1.807) is 0 Å². The van der Waals surface area contributed by atoms with Gasteiger partial charge < -0.3 is 5.11 Å². The first-order valence-corrected chi connectivity index (χ1v) is 3.59. The Morgan fingerprint density at radius 3 is 2.50 bits per heavy atom. The number of hydrogen-bond acceptors (Lipinski definition) is 2. The first kappa shape index (κ1) is 10.5. The summed E-state index contributed by atoms with van der Waals surface area (Å²) < 4.78 is 36.3. The number of halogens is 3. The van der Waals surface area contributed by atoms with Crippen LogP contribution in [0.5, 0.6) is 0 Å². The highest BCUT2D eigenvalue weighted by Crippen LogP contribution is 2.28. The second-order valence-electron chi connectivity index (χ2n) is 2.69. The van der Waals surface area contributed by atoms with Crippen LogP contribution in [0.2, 0.25) is 0 Å². The van der Waals surface area contributed by atoms with Crippen molar-refractivity contribution < 1.29 is 23.1 Å². The third-order valence-electron chi connectivity index (χ3n) is 1.62. The molecule has 76 valence electrons. The van der Waals surface area contributed by atoms with Gasteiger partial charge in [-0.25, -0.2) is 4.79 Å². The fourth-order valence-electron chi connectivity index (χ4n) is 0.909. The van der Waals surface area contributed by atoms with E-state index in [2.05, 4.69) is 4.98 Å². The van der Waals surface area contributed by atoms with Crippen LogP contribution in [-0.2, 0) is 6.18 Å². The standard InChI is InChI=1S/C8H6F3NO2/c1-4-3-12-6(8(9,10)11)2-5(4)7(13)14/h2-3H,1H3,(H,13,14). The molecule has 1 aromatic heterocycles. The van der Waals surface area contributed by atoms with Gasteiger partial charge in [0.1, 0.15) is 5.69 Å². The van der Waals surface area contributed by atoms with E-state index in [1.165, 1.54) is 6.92 Å². The number of carboxylic acid groups (broad SMARTS) is 1. The largest absolute Gasteiger partial charge is 0.478 e. The maximum atomic E-state index is 12.1. The van der Waals surface area contributed by atoms with Crippen molar-refractivity contribution in [2.75, 3.05) is 0 Å². The third kappa shape index (κ3) is 2.01. The second-order valence-corrected chi connectivity index (χ2v) is 2.69. The molecule has 0 bridgehead atoms. The molecule has 0 atom stereocenters. The molecule has 0 spiro atoms.